The fraction of sp³-hybridized carbons (Fsp3) is 0.364. The minimum atomic E-state index is 0.590. The maximum absolute atomic E-state index is 5.60. The predicted molar refractivity (Wildman–Crippen MR) is 62.6 cm³/mol. The van der Waals surface area contributed by atoms with Gasteiger partial charge in [-0.25, -0.2) is 0 Å². The second-order valence-electron chi connectivity index (χ2n) is 3.19. The molecule has 0 bridgehead atoms. The standard InChI is InChI=1S/C11H13ClS/c1-9-5-7-10(8-6-9)3-2-4-11(12)13/h5-8H,2-4H2,1H3. The molecule has 0 atom stereocenters. The van der Waals surface area contributed by atoms with Crippen molar-refractivity contribution in [2.45, 2.75) is 26.2 Å². The van der Waals surface area contributed by atoms with Gasteiger partial charge in [0, 0.05) is 0 Å². The van der Waals surface area contributed by atoms with Crippen LogP contribution < -0.4 is 0 Å². The number of rotatable bonds is 4. The minimum absolute atomic E-state index is 0.590. The molecule has 1 aromatic carbocycles. The third kappa shape index (κ3) is 4.39. The fourth-order valence-electron chi connectivity index (χ4n) is 1.19. The molecule has 0 heterocycles. The lowest BCUT2D eigenvalue weighted by molar-refractivity contribution is 0.875. The Kier molecular flexibility index (Phi) is 4.40. The lowest BCUT2D eigenvalue weighted by atomic mass is 10.1. The molecule has 0 amide bonds. The molecular formula is C11H13ClS. The van der Waals surface area contributed by atoms with Gasteiger partial charge in [0.2, 0.25) is 0 Å². The van der Waals surface area contributed by atoms with E-state index in [2.05, 4.69) is 31.2 Å². The van der Waals surface area contributed by atoms with Gasteiger partial charge >= 0.3 is 0 Å². The molecule has 0 spiro atoms. The summed E-state index contributed by atoms with van der Waals surface area (Å²) in [5.74, 6) is 0. The van der Waals surface area contributed by atoms with Crippen molar-refractivity contribution in [1.29, 1.82) is 0 Å². The minimum Gasteiger partial charge on any atom is -0.0765 e. The normalized spacial score (nSPS) is 10.0. The van der Waals surface area contributed by atoms with E-state index in [0.29, 0.717) is 4.32 Å². The average molecular weight is 213 g/mol. The Bertz CT molecular complexity index is 277. The first-order valence-corrected chi connectivity index (χ1v) is 5.21. The summed E-state index contributed by atoms with van der Waals surface area (Å²) < 4.78 is 0.590. The number of thiocarbonyl (C=S) groups is 1. The highest BCUT2D eigenvalue weighted by Crippen LogP contribution is 2.08. The van der Waals surface area contributed by atoms with Crippen LogP contribution in [0.3, 0.4) is 0 Å². The van der Waals surface area contributed by atoms with E-state index in [9.17, 15) is 0 Å². The highest BCUT2D eigenvalue weighted by Gasteiger charge is 1.94. The Morgan fingerprint density at radius 1 is 1.31 bits per heavy atom. The fourth-order valence-corrected chi connectivity index (χ4v) is 1.46. The quantitative estimate of drug-likeness (QED) is 0.539. The third-order valence-electron chi connectivity index (χ3n) is 1.96. The highest BCUT2D eigenvalue weighted by molar-refractivity contribution is 7.83. The summed E-state index contributed by atoms with van der Waals surface area (Å²) in [4.78, 5) is 0. The summed E-state index contributed by atoms with van der Waals surface area (Å²) in [7, 11) is 0. The summed E-state index contributed by atoms with van der Waals surface area (Å²) in [6.45, 7) is 2.09. The van der Waals surface area contributed by atoms with Crippen LogP contribution in [0, 0.1) is 6.92 Å². The van der Waals surface area contributed by atoms with Gasteiger partial charge in [-0.05, 0) is 31.7 Å². The van der Waals surface area contributed by atoms with Crippen LogP contribution in [-0.2, 0) is 6.42 Å². The van der Waals surface area contributed by atoms with Crippen LogP contribution in [0.25, 0.3) is 0 Å². The van der Waals surface area contributed by atoms with E-state index in [-0.39, 0.29) is 0 Å². The zero-order valence-electron chi connectivity index (χ0n) is 7.72. The molecule has 0 aliphatic heterocycles. The van der Waals surface area contributed by atoms with Gasteiger partial charge in [-0.15, -0.1) is 0 Å². The first kappa shape index (κ1) is 10.7. The van der Waals surface area contributed by atoms with E-state index >= 15 is 0 Å². The number of hydrogen-bond acceptors (Lipinski definition) is 1. The second-order valence-corrected chi connectivity index (χ2v) is 4.37. The lowest BCUT2D eigenvalue weighted by Crippen LogP contribution is -1.88. The molecule has 70 valence electrons. The Morgan fingerprint density at radius 3 is 2.46 bits per heavy atom. The molecule has 0 saturated carbocycles. The van der Waals surface area contributed by atoms with Gasteiger partial charge in [0.1, 0.15) is 0 Å². The van der Waals surface area contributed by atoms with E-state index in [1.54, 1.807) is 0 Å². The van der Waals surface area contributed by atoms with E-state index in [1.165, 1.54) is 11.1 Å². The highest BCUT2D eigenvalue weighted by atomic mass is 35.5. The molecule has 0 nitrogen and oxygen atoms in total. The summed E-state index contributed by atoms with van der Waals surface area (Å²) in [5.41, 5.74) is 2.66. The van der Waals surface area contributed by atoms with Crippen molar-refractivity contribution >= 4 is 28.1 Å². The maximum atomic E-state index is 5.60. The van der Waals surface area contributed by atoms with Gasteiger partial charge in [-0.3, -0.25) is 0 Å². The molecule has 0 unspecified atom stereocenters. The number of aryl methyl sites for hydroxylation is 2. The second kappa shape index (κ2) is 5.36. The topological polar surface area (TPSA) is 0 Å². The van der Waals surface area contributed by atoms with Crippen molar-refractivity contribution in [3.05, 3.63) is 35.4 Å². The van der Waals surface area contributed by atoms with Crippen molar-refractivity contribution < 1.29 is 0 Å². The summed E-state index contributed by atoms with van der Waals surface area (Å²) in [6, 6.07) is 8.59. The SMILES string of the molecule is Cc1ccc(CCCC(=S)Cl)cc1. The molecule has 13 heavy (non-hydrogen) atoms. The Hall–Kier alpha value is -0.400. The van der Waals surface area contributed by atoms with Gasteiger partial charge in [0.25, 0.3) is 0 Å². The smallest absolute Gasteiger partial charge is 0.0765 e. The third-order valence-corrected chi connectivity index (χ3v) is 2.35. The molecule has 0 saturated heterocycles. The van der Waals surface area contributed by atoms with Gasteiger partial charge in [-0.1, -0.05) is 53.6 Å². The zero-order chi connectivity index (χ0) is 9.68. The molecule has 0 N–H and O–H groups in total. The van der Waals surface area contributed by atoms with Crippen LogP contribution in [-0.4, -0.2) is 4.32 Å². The summed E-state index contributed by atoms with van der Waals surface area (Å²) in [6.07, 6.45) is 2.95. The summed E-state index contributed by atoms with van der Waals surface area (Å²) >= 11 is 10.4. The first-order valence-electron chi connectivity index (χ1n) is 4.42. The molecular weight excluding hydrogens is 200 g/mol. The van der Waals surface area contributed by atoms with Gasteiger partial charge in [0.05, 0.1) is 4.32 Å². The monoisotopic (exact) mass is 212 g/mol. The molecule has 2 heteroatoms. The Morgan fingerprint density at radius 2 is 1.92 bits per heavy atom. The van der Waals surface area contributed by atoms with E-state index in [0.717, 1.165) is 19.3 Å². The first-order chi connectivity index (χ1) is 6.18. The zero-order valence-corrected chi connectivity index (χ0v) is 9.29. The maximum Gasteiger partial charge on any atom is 0.0808 e. The van der Waals surface area contributed by atoms with Gasteiger partial charge in [-0.2, -0.15) is 0 Å². The Labute approximate surface area is 89.9 Å². The van der Waals surface area contributed by atoms with Crippen molar-refractivity contribution in [2.75, 3.05) is 0 Å². The van der Waals surface area contributed by atoms with E-state index in [4.69, 9.17) is 23.8 Å². The predicted octanol–water partition coefficient (Wildman–Crippen LogP) is 3.88. The Balaban J connectivity index is 2.37. The van der Waals surface area contributed by atoms with Gasteiger partial charge < -0.3 is 0 Å². The van der Waals surface area contributed by atoms with Crippen LogP contribution in [0.15, 0.2) is 24.3 Å². The molecule has 1 rings (SSSR count). The van der Waals surface area contributed by atoms with Crippen molar-refractivity contribution in [3.8, 4) is 0 Å². The molecule has 1 aromatic rings. The van der Waals surface area contributed by atoms with E-state index < -0.39 is 0 Å². The van der Waals surface area contributed by atoms with E-state index in [1.807, 2.05) is 0 Å². The largest absolute Gasteiger partial charge is 0.0808 e. The van der Waals surface area contributed by atoms with Crippen LogP contribution in [0.5, 0.6) is 0 Å². The molecule has 0 aromatic heterocycles. The van der Waals surface area contributed by atoms with Crippen LogP contribution in [0.4, 0.5) is 0 Å². The van der Waals surface area contributed by atoms with Crippen molar-refractivity contribution in [3.63, 3.8) is 0 Å². The molecule has 0 aliphatic carbocycles. The van der Waals surface area contributed by atoms with Crippen LogP contribution in [0.2, 0.25) is 0 Å². The summed E-state index contributed by atoms with van der Waals surface area (Å²) in [5, 5.41) is 0. The molecule has 0 aliphatic rings. The van der Waals surface area contributed by atoms with Gasteiger partial charge in [0.15, 0.2) is 0 Å². The average Bonchev–Trinajstić information content (AvgIpc) is 2.08. The van der Waals surface area contributed by atoms with Crippen molar-refractivity contribution in [1.82, 2.24) is 0 Å². The molecule has 0 radical (unpaired) electrons. The molecule has 0 fully saturated rings. The number of benzene rings is 1. The lowest BCUT2D eigenvalue weighted by Gasteiger charge is -2.00. The van der Waals surface area contributed by atoms with Crippen LogP contribution in [0.1, 0.15) is 24.0 Å². The number of halogens is 1. The number of hydrogen-bond donors (Lipinski definition) is 0. The van der Waals surface area contributed by atoms with Crippen molar-refractivity contribution in [2.24, 2.45) is 0 Å². The van der Waals surface area contributed by atoms with Crippen LogP contribution >= 0.6 is 23.8 Å².